The van der Waals surface area contributed by atoms with Gasteiger partial charge in [0, 0.05) is 19.4 Å². The van der Waals surface area contributed by atoms with Gasteiger partial charge >= 0.3 is 19.8 Å². The molecule has 0 saturated heterocycles. The smallest absolute Gasteiger partial charge is 0.462 e. The third-order valence-electron chi connectivity index (χ3n) is 8.73. The molecule has 0 aromatic rings. The molecule has 0 radical (unpaired) electrons. The number of hydrogen-bond acceptors (Lipinski definition) is 8. The number of unbranched alkanes of at least 4 members (excludes halogenated alkanes) is 20. The lowest BCUT2D eigenvalue weighted by Gasteiger charge is -2.20. The summed E-state index contributed by atoms with van der Waals surface area (Å²) >= 11 is 0. The zero-order chi connectivity index (χ0) is 37.7. The Balaban J connectivity index is 4.34. The molecular formula is C41H78NO8P. The predicted octanol–water partition coefficient (Wildman–Crippen LogP) is 11.4. The molecule has 9 nitrogen and oxygen atoms in total. The fourth-order valence-electron chi connectivity index (χ4n) is 5.50. The standard InChI is InChI=1S/C41H78NO8P/c1-5-7-9-11-13-15-17-19-20-22-23-25-27-29-31-33-40(43)47-37-39(38-49-51(45,46)48-36-35-42(3)4)50-41(44)34-32-30-28-26-24-21-18-16-14-12-10-8-6-2/h16,18-20,39H,5-15,17,21-38H2,1-4H3,(H,45,46)/b18-16-,20-19-. The zero-order valence-electron chi connectivity index (χ0n) is 33.3. The lowest BCUT2D eigenvalue weighted by atomic mass is 10.1. The van der Waals surface area contributed by atoms with E-state index in [1.54, 1.807) is 0 Å². The van der Waals surface area contributed by atoms with Gasteiger partial charge in [0.05, 0.1) is 13.2 Å². The van der Waals surface area contributed by atoms with Crippen molar-refractivity contribution >= 4 is 19.8 Å². The van der Waals surface area contributed by atoms with E-state index in [1.807, 2.05) is 19.0 Å². The Hall–Kier alpha value is -1.51. The van der Waals surface area contributed by atoms with Gasteiger partial charge in [-0.3, -0.25) is 18.6 Å². The molecule has 0 saturated carbocycles. The van der Waals surface area contributed by atoms with Crippen LogP contribution in [0.5, 0.6) is 0 Å². The Morgan fingerprint density at radius 2 is 1.00 bits per heavy atom. The Kier molecular flexibility index (Phi) is 35.7. The van der Waals surface area contributed by atoms with Crippen LogP contribution in [-0.4, -0.2) is 68.3 Å². The number of likely N-dealkylation sites (N-methyl/N-ethyl adjacent to an activating group) is 1. The summed E-state index contributed by atoms with van der Waals surface area (Å²) in [5.74, 6) is -0.821. The maximum absolute atomic E-state index is 12.6. The van der Waals surface area contributed by atoms with E-state index in [-0.39, 0.29) is 32.0 Å². The van der Waals surface area contributed by atoms with Crippen molar-refractivity contribution in [1.82, 2.24) is 4.90 Å². The van der Waals surface area contributed by atoms with Crippen LogP contribution in [0.2, 0.25) is 0 Å². The first-order chi connectivity index (χ1) is 24.7. The molecule has 0 aliphatic rings. The Morgan fingerprint density at radius 1 is 0.588 bits per heavy atom. The third kappa shape index (κ3) is 38.0. The minimum absolute atomic E-state index is 0.00546. The Morgan fingerprint density at radius 3 is 1.47 bits per heavy atom. The highest BCUT2D eigenvalue weighted by Gasteiger charge is 2.26. The molecule has 0 aromatic carbocycles. The molecule has 0 aromatic heterocycles. The fraction of sp³-hybridized carbons (Fsp3) is 0.854. The summed E-state index contributed by atoms with van der Waals surface area (Å²) < 4.78 is 33.4. The van der Waals surface area contributed by atoms with Gasteiger partial charge in [0.2, 0.25) is 0 Å². The van der Waals surface area contributed by atoms with Crippen molar-refractivity contribution < 1.29 is 37.6 Å². The molecule has 0 fully saturated rings. The monoisotopic (exact) mass is 744 g/mol. The number of esters is 2. The van der Waals surface area contributed by atoms with Crippen LogP contribution in [0.25, 0.3) is 0 Å². The maximum atomic E-state index is 12.6. The largest absolute Gasteiger partial charge is 0.472 e. The van der Waals surface area contributed by atoms with Crippen LogP contribution in [0.4, 0.5) is 0 Å². The highest BCUT2D eigenvalue weighted by molar-refractivity contribution is 7.47. The number of rotatable bonds is 38. The molecule has 0 spiro atoms. The van der Waals surface area contributed by atoms with Crippen LogP contribution in [0.3, 0.4) is 0 Å². The van der Waals surface area contributed by atoms with Gasteiger partial charge in [-0.1, -0.05) is 128 Å². The summed E-state index contributed by atoms with van der Waals surface area (Å²) in [5.41, 5.74) is 0. The molecule has 0 amide bonds. The van der Waals surface area contributed by atoms with Crippen LogP contribution < -0.4 is 0 Å². The van der Waals surface area contributed by atoms with Gasteiger partial charge in [-0.2, -0.15) is 0 Å². The summed E-state index contributed by atoms with van der Waals surface area (Å²) in [6.07, 6.45) is 36.5. The van der Waals surface area contributed by atoms with E-state index < -0.39 is 26.5 Å². The first-order valence-electron chi connectivity index (χ1n) is 20.6. The minimum atomic E-state index is -4.36. The van der Waals surface area contributed by atoms with Crippen LogP contribution in [0.15, 0.2) is 24.3 Å². The number of carbonyl (C=O) groups is 2. The molecule has 1 N–H and O–H groups in total. The molecule has 0 aliphatic heterocycles. The van der Waals surface area contributed by atoms with Crippen LogP contribution in [0.1, 0.15) is 181 Å². The van der Waals surface area contributed by atoms with E-state index in [2.05, 4.69) is 38.2 Å². The Bertz CT molecular complexity index is 910. The van der Waals surface area contributed by atoms with E-state index in [0.29, 0.717) is 13.0 Å². The number of allylic oxidation sites excluding steroid dienone is 4. The molecule has 0 rings (SSSR count). The van der Waals surface area contributed by atoms with E-state index in [9.17, 15) is 19.0 Å². The normalized spacial score (nSPS) is 13.7. The number of carbonyl (C=O) groups excluding carboxylic acids is 2. The molecular weight excluding hydrogens is 665 g/mol. The average molecular weight is 744 g/mol. The fourth-order valence-corrected chi connectivity index (χ4v) is 6.24. The number of hydrogen-bond donors (Lipinski definition) is 1. The molecule has 51 heavy (non-hydrogen) atoms. The second kappa shape index (κ2) is 36.8. The third-order valence-corrected chi connectivity index (χ3v) is 9.71. The predicted molar refractivity (Wildman–Crippen MR) is 211 cm³/mol. The molecule has 10 heteroatoms. The van der Waals surface area contributed by atoms with E-state index in [0.717, 1.165) is 70.6 Å². The molecule has 0 bridgehead atoms. The highest BCUT2D eigenvalue weighted by atomic mass is 31.2. The number of ether oxygens (including phenoxy) is 2. The highest BCUT2D eigenvalue weighted by Crippen LogP contribution is 2.43. The Labute approximate surface area is 313 Å². The van der Waals surface area contributed by atoms with E-state index in [1.165, 1.54) is 77.0 Å². The van der Waals surface area contributed by atoms with E-state index >= 15 is 0 Å². The molecule has 2 unspecified atom stereocenters. The number of nitrogens with zero attached hydrogens (tertiary/aromatic N) is 1. The first-order valence-corrected chi connectivity index (χ1v) is 22.1. The van der Waals surface area contributed by atoms with Crippen molar-refractivity contribution in [2.45, 2.75) is 187 Å². The van der Waals surface area contributed by atoms with E-state index in [4.69, 9.17) is 18.5 Å². The van der Waals surface area contributed by atoms with Gasteiger partial charge in [0.15, 0.2) is 6.10 Å². The summed E-state index contributed by atoms with van der Waals surface area (Å²) in [6.45, 7) is 4.28. The van der Waals surface area contributed by atoms with Crippen LogP contribution in [0, 0.1) is 0 Å². The summed E-state index contributed by atoms with van der Waals surface area (Å²) in [5, 5.41) is 0. The molecule has 0 aliphatic carbocycles. The lowest BCUT2D eigenvalue weighted by molar-refractivity contribution is -0.161. The van der Waals surface area contributed by atoms with Crippen molar-refractivity contribution in [3.8, 4) is 0 Å². The molecule has 0 heterocycles. The maximum Gasteiger partial charge on any atom is 0.472 e. The van der Waals surface area contributed by atoms with Gasteiger partial charge in [-0.15, -0.1) is 0 Å². The topological polar surface area (TPSA) is 112 Å². The van der Waals surface area contributed by atoms with Crippen molar-refractivity contribution in [1.29, 1.82) is 0 Å². The second-order valence-corrected chi connectivity index (χ2v) is 15.6. The van der Waals surface area contributed by atoms with Gasteiger partial charge in [-0.05, 0) is 78.3 Å². The summed E-state index contributed by atoms with van der Waals surface area (Å²) in [7, 11) is -0.715. The van der Waals surface area contributed by atoms with Crippen molar-refractivity contribution in [3.63, 3.8) is 0 Å². The number of phosphoric ester groups is 1. The first kappa shape index (κ1) is 49.5. The average Bonchev–Trinajstić information content (AvgIpc) is 3.09. The van der Waals surface area contributed by atoms with Crippen molar-refractivity contribution in [3.05, 3.63) is 24.3 Å². The number of phosphoric acid groups is 1. The van der Waals surface area contributed by atoms with Gasteiger partial charge in [0.1, 0.15) is 6.61 Å². The summed E-state index contributed by atoms with van der Waals surface area (Å²) in [6, 6.07) is 0. The second-order valence-electron chi connectivity index (χ2n) is 14.2. The quantitative estimate of drug-likeness (QED) is 0.0286. The molecule has 2 atom stereocenters. The van der Waals surface area contributed by atoms with Crippen molar-refractivity contribution in [2.24, 2.45) is 0 Å². The summed E-state index contributed by atoms with van der Waals surface area (Å²) in [4.78, 5) is 36.9. The van der Waals surface area contributed by atoms with Gasteiger partial charge < -0.3 is 19.3 Å². The zero-order valence-corrected chi connectivity index (χ0v) is 34.2. The SMILES string of the molecule is CCCCCC/C=C\CCCCCCCC(=O)OC(COC(=O)CCCCCCC/C=C\CCCCCCCC)COP(=O)(O)OCCN(C)C. The van der Waals surface area contributed by atoms with Crippen LogP contribution in [-0.2, 0) is 32.7 Å². The van der Waals surface area contributed by atoms with Gasteiger partial charge in [-0.25, -0.2) is 4.57 Å². The lowest BCUT2D eigenvalue weighted by Crippen LogP contribution is -2.29. The van der Waals surface area contributed by atoms with Crippen molar-refractivity contribution in [2.75, 3.05) is 40.5 Å². The minimum Gasteiger partial charge on any atom is -0.462 e. The van der Waals surface area contributed by atoms with Gasteiger partial charge in [0.25, 0.3) is 0 Å². The van der Waals surface area contributed by atoms with Crippen LogP contribution >= 0.6 is 7.82 Å². The molecule has 300 valence electrons.